The number of amides is 1. The maximum atomic E-state index is 12.5. The maximum absolute atomic E-state index is 12.5. The van der Waals surface area contributed by atoms with Gasteiger partial charge in [-0.05, 0) is 36.8 Å². The van der Waals surface area contributed by atoms with Crippen LogP contribution in [0.4, 0.5) is 0 Å². The zero-order valence-electron chi connectivity index (χ0n) is 15.1. The van der Waals surface area contributed by atoms with E-state index in [-0.39, 0.29) is 11.9 Å². The van der Waals surface area contributed by atoms with Gasteiger partial charge in [0.15, 0.2) is 11.0 Å². The molecule has 0 fully saturated rings. The van der Waals surface area contributed by atoms with Crippen LogP contribution in [0.1, 0.15) is 34.7 Å². The Balaban J connectivity index is 1.68. The topological polar surface area (TPSA) is 59.8 Å². The number of hydrogen-bond donors (Lipinski definition) is 1. The molecule has 1 amide bonds. The van der Waals surface area contributed by atoms with Crippen molar-refractivity contribution in [3.8, 4) is 0 Å². The minimum atomic E-state index is -0.338. The Morgan fingerprint density at radius 2 is 1.89 bits per heavy atom. The number of hydrogen-bond acceptors (Lipinski definition) is 4. The second-order valence-corrected chi connectivity index (χ2v) is 8.29. The van der Waals surface area contributed by atoms with Crippen LogP contribution in [-0.2, 0) is 12.8 Å². The van der Waals surface area contributed by atoms with Gasteiger partial charge in [0, 0.05) is 22.8 Å². The molecule has 0 aliphatic heterocycles. The molecule has 2 aromatic carbocycles. The van der Waals surface area contributed by atoms with Crippen molar-refractivity contribution >= 4 is 52.5 Å². The van der Waals surface area contributed by atoms with Crippen molar-refractivity contribution < 1.29 is 4.79 Å². The fourth-order valence-corrected chi connectivity index (χ4v) is 4.29. The molecule has 3 aromatic rings. The predicted molar refractivity (Wildman–Crippen MR) is 114 cm³/mol. The SMILES string of the molecule is CC(NC(=O)c1ccccc1Cl)c1nnc(SCc2ccc(Cl)cc2Cl)n1C. The van der Waals surface area contributed by atoms with Crippen LogP contribution in [0.25, 0.3) is 0 Å². The molecule has 1 heterocycles. The van der Waals surface area contributed by atoms with E-state index < -0.39 is 0 Å². The fourth-order valence-electron chi connectivity index (χ4n) is 2.59. The van der Waals surface area contributed by atoms with Gasteiger partial charge in [-0.15, -0.1) is 10.2 Å². The zero-order valence-corrected chi connectivity index (χ0v) is 18.2. The molecule has 0 radical (unpaired) electrons. The molecule has 0 saturated heterocycles. The number of nitrogens with zero attached hydrogens (tertiary/aromatic N) is 3. The molecule has 1 N–H and O–H groups in total. The molecule has 146 valence electrons. The summed E-state index contributed by atoms with van der Waals surface area (Å²) in [6.45, 7) is 1.85. The van der Waals surface area contributed by atoms with Crippen molar-refractivity contribution in [2.45, 2.75) is 23.9 Å². The Labute approximate surface area is 182 Å². The number of halogens is 3. The molecular weight excluding hydrogens is 439 g/mol. The number of thioether (sulfide) groups is 1. The van der Waals surface area contributed by atoms with Crippen LogP contribution in [-0.4, -0.2) is 20.7 Å². The lowest BCUT2D eigenvalue weighted by Crippen LogP contribution is -2.28. The molecule has 28 heavy (non-hydrogen) atoms. The van der Waals surface area contributed by atoms with E-state index in [0.717, 1.165) is 10.7 Å². The quantitative estimate of drug-likeness (QED) is 0.494. The number of nitrogens with one attached hydrogen (secondary N) is 1. The van der Waals surface area contributed by atoms with E-state index in [9.17, 15) is 4.79 Å². The summed E-state index contributed by atoms with van der Waals surface area (Å²) in [6, 6.07) is 12.0. The third-order valence-corrected chi connectivity index (χ3v) is 6.08. The van der Waals surface area contributed by atoms with Crippen LogP contribution in [0.15, 0.2) is 47.6 Å². The second kappa shape index (κ2) is 9.18. The molecule has 3 rings (SSSR count). The minimum Gasteiger partial charge on any atom is -0.342 e. The van der Waals surface area contributed by atoms with E-state index in [0.29, 0.717) is 32.2 Å². The normalized spacial score (nSPS) is 12.0. The minimum absolute atomic E-state index is 0.261. The number of carbonyl (C=O) groups excluding carboxylic acids is 1. The van der Waals surface area contributed by atoms with E-state index in [1.165, 1.54) is 11.8 Å². The van der Waals surface area contributed by atoms with Gasteiger partial charge in [-0.2, -0.15) is 0 Å². The number of benzene rings is 2. The van der Waals surface area contributed by atoms with Crippen molar-refractivity contribution in [3.05, 3.63) is 74.5 Å². The smallest absolute Gasteiger partial charge is 0.253 e. The highest BCUT2D eigenvalue weighted by Gasteiger charge is 2.19. The summed E-state index contributed by atoms with van der Waals surface area (Å²) in [6.07, 6.45) is 0. The van der Waals surface area contributed by atoms with E-state index in [1.807, 2.05) is 24.6 Å². The molecular formula is C19H17Cl3N4OS. The Kier molecular flexibility index (Phi) is 6.88. The highest BCUT2D eigenvalue weighted by molar-refractivity contribution is 7.98. The van der Waals surface area contributed by atoms with Gasteiger partial charge >= 0.3 is 0 Å². The highest BCUT2D eigenvalue weighted by atomic mass is 35.5. The monoisotopic (exact) mass is 454 g/mol. The summed E-state index contributed by atoms with van der Waals surface area (Å²) in [7, 11) is 1.86. The van der Waals surface area contributed by atoms with E-state index >= 15 is 0 Å². The maximum Gasteiger partial charge on any atom is 0.253 e. The van der Waals surface area contributed by atoms with Crippen LogP contribution in [0.2, 0.25) is 15.1 Å². The molecule has 1 atom stereocenters. The second-order valence-electron chi connectivity index (χ2n) is 6.10. The molecule has 1 unspecified atom stereocenters. The Morgan fingerprint density at radius 1 is 1.14 bits per heavy atom. The summed E-state index contributed by atoms with van der Waals surface area (Å²) >= 11 is 19.7. The number of rotatable bonds is 6. The largest absolute Gasteiger partial charge is 0.342 e. The molecule has 0 spiro atoms. The molecule has 9 heteroatoms. The van der Waals surface area contributed by atoms with Gasteiger partial charge in [0.2, 0.25) is 0 Å². The summed E-state index contributed by atoms with van der Waals surface area (Å²) in [5.74, 6) is 1.01. The van der Waals surface area contributed by atoms with Crippen molar-refractivity contribution in [2.24, 2.45) is 7.05 Å². The summed E-state index contributed by atoms with van der Waals surface area (Å²) in [4.78, 5) is 12.5. The van der Waals surface area contributed by atoms with E-state index in [4.69, 9.17) is 34.8 Å². The van der Waals surface area contributed by atoms with Crippen molar-refractivity contribution in [3.63, 3.8) is 0 Å². The predicted octanol–water partition coefficient (Wildman–Crippen LogP) is 5.56. The molecule has 0 aliphatic carbocycles. The average Bonchev–Trinajstić information content (AvgIpc) is 3.02. The van der Waals surface area contributed by atoms with Gasteiger partial charge < -0.3 is 9.88 Å². The van der Waals surface area contributed by atoms with Crippen LogP contribution in [0.3, 0.4) is 0 Å². The van der Waals surface area contributed by atoms with Crippen LogP contribution in [0.5, 0.6) is 0 Å². The lowest BCUT2D eigenvalue weighted by atomic mass is 10.2. The zero-order chi connectivity index (χ0) is 20.3. The van der Waals surface area contributed by atoms with Crippen LogP contribution >= 0.6 is 46.6 Å². The number of carbonyl (C=O) groups is 1. The Hall–Kier alpha value is -1.73. The van der Waals surface area contributed by atoms with E-state index in [1.54, 1.807) is 36.4 Å². The van der Waals surface area contributed by atoms with Crippen molar-refractivity contribution in [1.29, 1.82) is 0 Å². The van der Waals surface area contributed by atoms with Crippen molar-refractivity contribution in [2.75, 3.05) is 0 Å². The lowest BCUT2D eigenvalue weighted by Gasteiger charge is -2.14. The first-order valence-corrected chi connectivity index (χ1v) is 10.5. The van der Waals surface area contributed by atoms with Gasteiger partial charge in [0.05, 0.1) is 16.6 Å². The fraction of sp³-hybridized carbons (Fsp3) is 0.211. The highest BCUT2D eigenvalue weighted by Crippen LogP contribution is 2.28. The molecule has 1 aromatic heterocycles. The first kappa shape index (κ1) is 21.0. The molecule has 0 bridgehead atoms. The lowest BCUT2D eigenvalue weighted by molar-refractivity contribution is 0.0938. The third-order valence-electron chi connectivity index (χ3n) is 4.09. The van der Waals surface area contributed by atoms with E-state index in [2.05, 4.69) is 15.5 Å². The Morgan fingerprint density at radius 3 is 2.61 bits per heavy atom. The number of aromatic nitrogens is 3. The molecule has 0 aliphatic rings. The van der Waals surface area contributed by atoms with Gasteiger partial charge in [-0.1, -0.05) is 64.8 Å². The van der Waals surface area contributed by atoms with Crippen molar-refractivity contribution in [1.82, 2.24) is 20.1 Å². The standard InChI is InChI=1S/C19H17Cl3N4OS/c1-11(23-18(27)14-5-3-4-6-15(14)21)17-24-25-19(26(17)2)28-10-12-7-8-13(20)9-16(12)22/h3-9,11H,10H2,1-2H3,(H,23,27). The third kappa shape index (κ3) is 4.81. The van der Waals surface area contributed by atoms with Crippen LogP contribution in [0, 0.1) is 0 Å². The van der Waals surface area contributed by atoms with Gasteiger partial charge in [-0.25, -0.2) is 0 Å². The summed E-state index contributed by atoms with van der Waals surface area (Å²) < 4.78 is 1.85. The summed E-state index contributed by atoms with van der Waals surface area (Å²) in [5, 5.41) is 13.7. The first-order valence-electron chi connectivity index (χ1n) is 8.38. The molecule has 0 saturated carbocycles. The Bertz CT molecular complexity index is 1010. The molecule has 5 nitrogen and oxygen atoms in total. The van der Waals surface area contributed by atoms with Gasteiger partial charge in [0.25, 0.3) is 5.91 Å². The summed E-state index contributed by atoms with van der Waals surface area (Å²) in [5.41, 5.74) is 1.38. The first-order chi connectivity index (χ1) is 13.4. The average molecular weight is 456 g/mol. The van der Waals surface area contributed by atoms with Crippen LogP contribution < -0.4 is 5.32 Å². The van der Waals surface area contributed by atoms with Gasteiger partial charge in [0.1, 0.15) is 0 Å². The van der Waals surface area contributed by atoms with Gasteiger partial charge in [-0.3, -0.25) is 4.79 Å².